The number of esters is 1. The fraction of sp³-hybridized carbons (Fsp3) is 0.889. The first kappa shape index (κ1) is 11.9. The number of carbonyl (C=O) groups excluding carboxylic acids is 1. The molecule has 0 bridgehead atoms. The van der Waals surface area contributed by atoms with E-state index in [1.165, 1.54) is 0 Å². The molecule has 0 spiro atoms. The van der Waals surface area contributed by atoms with Gasteiger partial charge in [0.25, 0.3) is 0 Å². The quantitative estimate of drug-likeness (QED) is 0.571. The zero-order valence-electron chi connectivity index (χ0n) is 8.42. The molecule has 1 heterocycles. The maximum absolute atomic E-state index is 11.4. The average molecular weight is 267 g/mol. The highest BCUT2D eigenvalue weighted by molar-refractivity contribution is 9.09. The van der Waals surface area contributed by atoms with Gasteiger partial charge in [0.2, 0.25) is 0 Å². The van der Waals surface area contributed by atoms with Gasteiger partial charge in [-0.25, -0.2) is 0 Å². The van der Waals surface area contributed by atoms with E-state index in [0.717, 1.165) is 0 Å². The highest BCUT2D eigenvalue weighted by Crippen LogP contribution is 2.26. The molecule has 1 aliphatic rings. The Morgan fingerprint density at radius 3 is 2.50 bits per heavy atom. The minimum atomic E-state index is -0.814. The maximum atomic E-state index is 11.4. The molecule has 0 radical (unpaired) electrons. The van der Waals surface area contributed by atoms with Crippen molar-refractivity contribution in [1.29, 1.82) is 0 Å². The largest absolute Gasteiger partial charge is 0.463 e. The Morgan fingerprint density at radius 1 is 1.50 bits per heavy atom. The third-order valence-corrected chi connectivity index (χ3v) is 2.65. The van der Waals surface area contributed by atoms with Crippen molar-refractivity contribution in [3.05, 3.63) is 0 Å². The smallest absolute Gasteiger partial charge is 0.311 e. The van der Waals surface area contributed by atoms with Gasteiger partial charge in [0, 0.05) is 0 Å². The fourth-order valence-electron chi connectivity index (χ4n) is 1.25. The predicted molar refractivity (Wildman–Crippen MR) is 54.3 cm³/mol. The molecule has 0 atom stereocenters. The first-order valence-corrected chi connectivity index (χ1v) is 5.73. The second-order valence-corrected chi connectivity index (χ2v) is 4.02. The van der Waals surface area contributed by atoms with Crippen molar-refractivity contribution in [3.8, 4) is 0 Å². The molecular weight excluding hydrogens is 252 g/mol. The van der Waals surface area contributed by atoms with Gasteiger partial charge in [-0.1, -0.05) is 15.9 Å². The zero-order chi connectivity index (χ0) is 10.6. The SMILES string of the molecule is CC(C)OC(=O)CC1(CBr)OCCO1. The zero-order valence-corrected chi connectivity index (χ0v) is 10.0. The summed E-state index contributed by atoms with van der Waals surface area (Å²) in [6, 6.07) is 0. The van der Waals surface area contributed by atoms with Crippen molar-refractivity contribution in [3.63, 3.8) is 0 Å². The molecule has 1 fully saturated rings. The molecule has 0 aliphatic carbocycles. The Balaban J connectivity index is 2.44. The summed E-state index contributed by atoms with van der Waals surface area (Å²) in [5, 5.41) is 0.479. The van der Waals surface area contributed by atoms with Crippen LogP contribution >= 0.6 is 15.9 Å². The van der Waals surface area contributed by atoms with E-state index in [4.69, 9.17) is 14.2 Å². The molecule has 0 N–H and O–H groups in total. The number of rotatable bonds is 4. The van der Waals surface area contributed by atoms with Crippen LogP contribution in [0.3, 0.4) is 0 Å². The number of halogens is 1. The molecule has 0 aromatic heterocycles. The fourth-order valence-corrected chi connectivity index (χ4v) is 1.77. The summed E-state index contributed by atoms with van der Waals surface area (Å²) in [5.41, 5.74) is 0. The van der Waals surface area contributed by atoms with Crippen LogP contribution in [0.1, 0.15) is 20.3 Å². The summed E-state index contributed by atoms with van der Waals surface area (Å²) in [6.45, 7) is 4.69. The number of alkyl halides is 1. The second-order valence-electron chi connectivity index (χ2n) is 3.46. The lowest BCUT2D eigenvalue weighted by Crippen LogP contribution is -2.36. The van der Waals surface area contributed by atoms with Crippen molar-refractivity contribution >= 4 is 21.9 Å². The van der Waals surface area contributed by atoms with Gasteiger partial charge in [-0.3, -0.25) is 4.79 Å². The van der Waals surface area contributed by atoms with Gasteiger partial charge in [0.15, 0.2) is 5.79 Å². The van der Waals surface area contributed by atoms with E-state index in [1.807, 2.05) is 13.8 Å². The van der Waals surface area contributed by atoms with Crippen LogP contribution in [-0.2, 0) is 19.0 Å². The van der Waals surface area contributed by atoms with Crippen LogP contribution in [0.2, 0.25) is 0 Å². The molecule has 0 unspecified atom stereocenters. The standard InChI is InChI=1S/C9H15BrO4/c1-7(2)14-8(11)5-9(6-10)12-3-4-13-9/h7H,3-6H2,1-2H3. The Hall–Kier alpha value is -0.130. The molecule has 1 aliphatic heterocycles. The summed E-state index contributed by atoms with van der Waals surface area (Å²) >= 11 is 3.27. The van der Waals surface area contributed by atoms with Gasteiger partial charge >= 0.3 is 5.97 Å². The predicted octanol–water partition coefficient (Wildman–Crippen LogP) is 1.47. The van der Waals surface area contributed by atoms with E-state index in [1.54, 1.807) is 0 Å². The van der Waals surface area contributed by atoms with Crippen LogP contribution < -0.4 is 0 Å². The van der Waals surface area contributed by atoms with Gasteiger partial charge < -0.3 is 14.2 Å². The number of carbonyl (C=O) groups is 1. The molecule has 1 rings (SSSR count). The highest BCUT2D eigenvalue weighted by Gasteiger charge is 2.38. The number of hydrogen-bond donors (Lipinski definition) is 0. The van der Waals surface area contributed by atoms with Gasteiger partial charge in [-0.2, -0.15) is 0 Å². The number of hydrogen-bond acceptors (Lipinski definition) is 4. The van der Waals surface area contributed by atoms with E-state index in [-0.39, 0.29) is 18.5 Å². The van der Waals surface area contributed by atoms with E-state index < -0.39 is 5.79 Å². The summed E-state index contributed by atoms with van der Waals surface area (Å²) in [7, 11) is 0. The summed E-state index contributed by atoms with van der Waals surface area (Å²) in [4.78, 5) is 11.4. The van der Waals surface area contributed by atoms with Crippen LogP contribution in [0.5, 0.6) is 0 Å². The molecule has 0 amide bonds. The lowest BCUT2D eigenvalue weighted by molar-refractivity contribution is -0.175. The first-order chi connectivity index (χ1) is 6.58. The van der Waals surface area contributed by atoms with Crippen molar-refractivity contribution in [2.24, 2.45) is 0 Å². The molecule has 14 heavy (non-hydrogen) atoms. The van der Waals surface area contributed by atoms with Gasteiger partial charge in [-0.15, -0.1) is 0 Å². The Morgan fingerprint density at radius 2 is 2.07 bits per heavy atom. The Kier molecular flexibility index (Phi) is 4.34. The highest BCUT2D eigenvalue weighted by atomic mass is 79.9. The third kappa shape index (κ3) is 3.22. The Bertz CT molecular complexity index is 199. The molecule has 0 aromatic rings. The van der Waals surface area contributed by atoms with Gasteiger partial charge in [-0.05, 0) is 13.8 Å². The Labute approximate surface area is 92.0 Å². The van der Waals surface area contributed by atoms with Crippen molar-refractivity contribution in [1.82, 2.24) is 0 Å². The van der Waals surface area contributed by atoms with Crippen LogP contribution in [0.25, 0.3) is 0 Å². The van der Waals surface area contributed by atoms with Crippen molar-refractivity contribution in [2.45, 2.75) is 32.2 Å². The maximum Gasteiger partial charge on any atom is 0.311 e. The second kappa shape index (κ2) is 5.09. The first-order valence-electron chi connectivity index (χ1n) is 4.61. The topological polar surface area (TPSA) is 44.8 Å². The van der Waals surface area contributed by atoms with Crippen LogP contribution in [0, 0.1) is 0 Å². The van der Waals surface area contributed by atoms with Crippen molar-refractivity contribution < 1.29 is 19.0 Å². The molecule has 82 valence electrons. The molecule has 0 aromatic carbocycles. The lowest BCUT2D eigenvalue weighted by atomic mass is 10.2. The normalized spacial score (nSPS) is 20.0. The van der Waals surface area contributed by atoms with Gasteiger partial charge in [0.05, 0.1) is 24.6 Å². The monoisotopic (exact) mass is 266 g/mol. The van der Waals surface area contributed by atoms with E-state index in [2.05, 4.69) is 15.9 Å². The van der Waals surface area contributed by atoms with E-state index >= 15 is 0 Å². The summed E-state index contributed by atoms with van der Waals surface area (Å²) in [5.74, 6) is -1.10. The number of ether oxygens (including phenoxy) is 3. The minimum Gasteiger partial charge on any atom is -0.463 e. The van der Waals surface area contributed by atoms with Crippen molar-refractivity contribution in [2.75, 3.05) is 18.5 Å². The third-order valence-electron chi connectivity index (χ3n) is 1.80. The molecule has 0 saturated carbocycles. The van der Waals surface area contributed by atoms with Crippen LogP contribution in [0.15, 0.2) is 0 Å². The summed E-state index contributed by atoms with van der Waals surface area (Å²) < 4.78 is 15.8. The van der Waals surface area contributed by atoms with E-state index in [0.29, 0.717) is 18.5 Å². The molecule has 5 heteroatoms. The molecular formula is C9H15BrO4. The minimum absolute atomic E-state index is 0.101. The summed E-state index contributed by atoms with van der Waals surface area (Å²) in [6.07, 6.45) is 0.0347. The van der Waals surface area contributed by atoms with Crippen LogP contribution in [-0.4, -0.2) is 36.4 Å². The lowest BCUT2D eigenvalue weighted by Gasteiger charge is -2.24. The van der Waals surface area contributed by atoms with E-state index in [9.17, 15) is 4.79 Å². The molecule has 1 saturated heterocycles. The van der Waals surface area contributed by atoms with Gasteiger partial charge in [0.1, 0.15) is 6.42 Å². The average Bonchev–Trinajstić information content (AvgIpc) is 2.52. The van der Waals surface area contributed by atoms with Crippen LogP contribution in [0.4, 0.5) is 0 Å². The molecule has 4 nitrogen and oxygen atoms in total.